The topological polar surface area (TPSA) is 69.9 Å². The normalized spacial score (nSPS) is 16.4. The first-order valence-corrected chi connectivity index (χ1v) is 7.43. The molecule has 0 radical (unpaired) electrons. The van der Waals surface area contributed by atoms with E-state index in [1.165, 1.54) is 19.3 Å². The Kier molecular flexibility index (Phi) is 3.57. The predicted molar refractivity (Wildman–Crippen MR) is 83.1 cm³/mol. The minimum atomic E-state index is 0.420. The van der Waals surface area contributed by atoms with Crippen LogP contribution in [0.25, 0.3) is 11.3 Å². The smallest absolute Gasteiger partial charge is 0.150 e. The van der Waals surface area contributed by atoms with Crippen LogP contribution in [0.15, 0.2) is 24.3 Å². The van der Waals surface area contributed by atoms with E-state index >= 15 is 0 Å². The summed E-state index contributed by atoms with van der Waals surface area (Å²) in [5.74, 6) is 7.93. The van der Waals surface area contributed by atoms with E-state index in [0.717, 1.165) is 29.9 Å². The van der Waals surface area contributed by atoms with Gasteiger partial charge in [-0.1, -0.05) is 43.0 Å². The molecule has 1 saturated carbocycles. The van der Waals surface area contributed by atoms with Crippen molar-refractivity contribution in [1.82, 2.24) is 9.66 Å². The number of rotatable bonds is 2. The van der Waals surface area contributed by atoms with Gasteiger partial charge in [-0.25, -0.2) is 9.66 Å². The van der Waals surface area contributed by atoms with Crippen LogP contribution in [0.3, 0.4) is 0 Å². The quantitative estimate of drug-likeness (QED) is 0.831. The zero-order chi connectivity index (χ0) is 14.1. The summed E-state index contributed by atoms with van der Waals surface area (Å²) < 4.78 is 1.55. The molecule has 0 amide bonds. The molecule has 1 heterocycles. The van der Waals surface area contributed by atoms with Crippen molar-refractivity contribution in [1.29, 1.82) is 0 Å². The van der Waals surface area contributed by atoms with E-state index < -0.39 is 0 Å². The first-order valence-electron chi connectivity index (χ1n) is 7.06. The number of hydrogen-bond donors (Lipinski definition) is 2. The van der Waals surface area contributed by atoms with Gasteiger partial charge in [-0.3, -0.25) is 0 Å². The maximum Gasteiger partial charge on any atom is 0.150 e. The number of anilines is 1. The number of aromatic nitrogens is 2. The van der Waals surface area contributed by atoms with Crippen molar-refractivity contribution in [3.63, 3.8) is 0 Å². The van der Waals surface area contributed by atoms with E-state index in [-0.39, 0.29) is 0 Å². The van der Waals surface area contributed by atoms with Crippen LogP contribution in [0, 0.1) is 0 Å². The lowest BCUT2D eigenvalue weighted by atomic mass is 9.89. The maximum absolute atomic E-state index is 6.12. The fraction of sp³-hybridized carbons (Fsp3) is 0.400. The van der Waals surface area contributed by atoms with Crippen molar-refractivity contribution in [2.75, 3.05) is 11.6 Å². The van der Waals surface area contributed by atoms with E-state index in [4.69, 9.17) is 28.2 Å². The third kappa shape index (κ3) is 2.36. The summed E-state index contributed by atoms with van der Waals surface area (Å²) in [7, 11) is 0. The molecule has 5 heteroatoms. The Morgan fingerprint density at radius 1 is 1.20 bits per heavy atom. The molecule has 20 heavy (non-hydrogen) atoms. The van der Waals surface area contributed by atoms with Gasteiger partial charge in [-0.15, -0.1) is 0 Å². The van der Waals surface area contributed by atoms with Crippen LogP contribution in [0.4, 0.5) is 5.82 Å². The molecule has 0 aliphatic heterocycles. The van der Waals surface area contributed by atoms with Gasteiger partial charge in [0.1, 0.15) is 11.5 Å². The molecule has 2 aromatic rings. The molecular weight excluding hydrogens is 272 g/mol. The number of halogens is 1. The van der Waals surface area contributed by atoms with Gasteiger partial charge in [0.15, 0.2) is 5.82 Å². The van der Waals surface area contributed by atoms with Crippen molar-refractivity contribution >= 4 is 17.4 Å². The highest BCUT2D eigenvalue weighted by Crippen LogP contribution is 2.35. The zero-order valence-electron chi connectivity index (χ0n) is 11.3. The molecule has 1 aliphatic carbocycles. The molecule has 0 atom stereocenters. The molecule has 4 N–H and O–H groups in total. The Hall–Kier alpha value is -1.68. The molecule has 0 unspecified atom stereocenters. The fourth-order valence-corrected chi connectivity index (χ4v) is 3.15. The molecule has 0 spiro atoms. The SMILES string of the molecule is Nc1c(-c2cccc(Cl)c2)nc(C2CCCCC2)n1N. The second-order valence-corrected chi connectivity index (χ2v) is 5.86. The predicted octanol–water partition coefficient (Wildman–Crippen LogP) is 3.55. The average Bonchev–Trinajstić information content (AvgIpc) is 2.76. The third-order valence-corrected chi connectivity index (χ3v) is 4.28. The number of nitrogens with zero attached hydrogens (tertiary/aromatic N) is 2. The summed E-state index contributed by atoms with van der Waals surface area (Å²) in [5.41, 5.74) is 7.77. The van der Waals surface area contributed by atoms with Gasteiger partial charge in [0, 0.05) is 16.5 Å². The van der Waals surface area contributed by atoms with Crippen molar-refractivity contribution < 1.29 is 0 Å². The summed E-state index contributed by atoms with van der Waals surface area (Å²) in [5, 5.41) is 0.674. The molecule has 1 aliphatic rings. The standard InChI is InChI=1S/C15H19ClN4/c16-12-8-4-7-11(9-12)13-14(17)20(18)15(19-13)10-5-2-1-3-6-10/h4,7-10H,1-3,5-6,17-18H2. The Morgan fingerprint density at radius 3 is 2.65 bits per heavy atom. The highest BCUT2D eigenvalue weighted by atomic mass is 35.5. The number of imidazole rings is 1. The fourth-order valence-electron chi connectivity index (χ4n) is 2.96. The van der Waals surface area contributed by atoms with Gasteiger partial charge in [0.2, 0.25) is 0 Å². The Morgan fingerprint density at radius 2 is 1.95 bits per heavy atom. The summed E-state index contributed by atoms with van der Waals surface area (Å²) >= 11 is 6.04. The van der Waals surface area contributed by atoms with Crippen LogP contribution >= 0.6 is 11.6 Å². The van der Waals surface area contributed by atoms with Crippen molar-refractivity contribution in [2.24, 2.45) is 0 Å². The van der Waals surface area contributed by atoms with E-state index in [1.807, 2.05) is 24.3 Å². The van der Waals surface area contributed by atoms with Crippen LogP contribution in [0.2, 0.25) is 5.02 Å². The van der Waals surface area contributed by atoms with Crippen molar-refractivity contribution in [3.8, 4) is 11.3 Å². The Labute approximate surface area is 123 Å². The lowest BCUT2D eigenvalue weighted by molar-refractivity contribution is 0.424. The highest BCUT2D eigenvalue weighted by molar-refractivity contribution is 6.30. The lowest BCUT2D eigenvalue weighted by Crippen LogP contribution is -2.19. The van der Waals surface area contributed by atoms with Crippen LogP contribution in [-0.2, 0) is 0 Å². The first-order chi connectivity index (χ1) is 9.66. The maximum atomic E-state index is 6.12. The summed E-state index contributed by atoms with van der Waals surface area (Å²) in [4.78, 5) is 4.70. The van der Waals surface area contributed by atoms with Gasteiger partial charge in [0.05, 0.1) is 0 Å². The molecular formula is C15H19ClN4. The monoisotopic (exact) mass is 290 g/mol. The largest absolute Gasteiger partial charge is 0.382 e. The van der Waals surface area contributed by atoms with E-state index in [0.29, 0.717) is 16.8 Å². The first kappa shape index (κ1) is 13.3. The molecule has 106 valence electrons. The highest BCUT2D eigenvalue weighted by Gasteiger charge is 2.23. The van der Waals surface area contributed by atoms with E-state index in [2.05, 4.69) is 0 Å². The third-order valence-electron chi connectivity index (χ3n) is 4.04. The number of nitrogens with two attached hydrogens (primary N) is 2. The van der Waals surface area contributed by atoms with Crippen LogP contribution in [-0.4, -0.2) is 9.66 Å². The Bertz CT molecular complexity index is 614. The van der Waals surface area contributed by atoms with Gasteiger partial charge in [0.25, 0.3) is 0 Å². The van der Waals surface area contributed by atoms with Crippen molar-refractivity contribution in [3.05, 3.63) is 35.1 Å². The van der Waals surface area contributed by atoms with Gasteiger partial charge in [-0.2, -0.15) is 0 Å². The lowest BCUT2D eigenvalue weighted by Gasteiger charge is -2.20. The molecule has 1 fully saturated rings. The van der Waals surface area contributed by atoms with Crippen LogP contribution in [0.5, 0.6) is 0 Å². The number of hydrogen-bond acceptors (Lipinski definition) is 3. The minimum Gasteiger partial charge on any atom is -0.382 e. The van der Waals surface area contributed by atoms with Gasteiger partial charge < -0.3 is 11.6 Å². The molecule has 1 aromatic heterocycles. The number of nitrogen functional groups attached to an aromatic ring is 2. The van der Waals surface area contributed by atoms with Gasteiger partial charge in [-0.05, 0) is 25.0 Å². The summed E-state index contributed by atoms with van der Waals surface area (Å²) in [6, 6.07) is 7.55. The second-order valence-electron chi connectivity index (χ2n) is 5.42. The molecule has 0 saturated heterocycles. The summed E-state index contributed by atoms with van der Waals surface area (Å²) in [6.07, 6.45) is 6.07. The molecule has 1 aromatic carbocycles. The average molecular weight is 291 g/mol. The van der Waals surface area contributed by atoms with Crippen molar-refractivity contribution in [2.45, 2.75) is 38.0 Å². The second kappa shape index (κ2) is 5.37. The van der Waals surface area contributed by atoms with E-state index in [9.17, 15) is 0 Å². The minimum absolute atomic E-state index is 0.420. The number of benzene rings is 1. The summed E-state index contributed by atoms with van der Waals surface area (Å²) in [6.45, 7) is 0. The zero-order valence-corrected chi connectivity index (χ0v) is 12.1. The molecule has 0 bridgehead atoms. The van der Waals surface area contributed by atoms with Crippen LogP contribution in [0.1, 0.15) is 43.8 Å². The molecule has 4 nitrogen and oxygen atoms in total. The van der Waals surface area contributed by atoms with Crippen LogP contribution < -0.4 is 11.6 Å². The van der Waals surface area contributed by atoms with Gasteiger partial charge >= 0.3 is 0 Å². The molecule has 3 rings (SSSR count). The Balaban J connectivity index is 2.01. The van der Waals surface area contributed by atoms with E-state index in [1.54, 1.807) is 4.68 Å².